The zero-order valence-corrected chi connectivity index (χ0v) is 11.2. The Hall–Kier alpha value is -2.34. The molecular weight excluding hydrogens is 270 g/mol. The fourth-order valence-electron chi connectivity index (χ4n) is 3.65. The van der Waals surface area contributed by atoms with Gasteiger partial charge in [-0.25, -0.2) is 4.79 Å². The summed E-state index contributed by atoms with van der Waals surface area (Å²) in [5.41, 5.74) is 8.77. The summed E-state index contributed by atoms with van der Waals surface area (Å²) in [7, 11) is 0. The Morgan fingerprint density at radius 3 is 2.90 bits per heavy atom. The van der Waals surface area contributed by atoms with Gasteiger partial charge in [0, 0.05) is 23.0 Å². The van der Waals surface area contributed by atoms with Crippen molar-refractivity contribution in [2.45, 2.75) is 31.0 Å². The van der Waals surface area contributed by atoms with Crippen molar-refractivity contribution in [1.29, 1.82) is 0 Å². The third-order valence-corrected chi connectivity index (χ3v) is 4.58. The maximum absolute atomic E-state index is 12.2. The number of nitrogens with two attached hydrogens (primary N) is 1. The number of fused-ring (bicyclic) bond motifs is 5. The molecular formula is C15H15N3O3. The second kappa shape index (κ2) is 4.08. The van der Waals surface area contributed by atoms with E-state index >= 15 is 0 Å². The maximum atomic E-state index is 12.2. The van der Waals surface area contributed by atoms with Gasteiger partial charge in [0.15, 0.2) is 0 Å². The Morgan fingerprint density at radius 2 is 2.14 bits per heavy atom. The standard InChI is InChI=1S/C15H15N3O3/c16-9-6-11-13-8(7-3-1-2-4-10(7)17-13)5-12(15(20)21)18(11)14(9)19/h1-4,9,11-12,17H,5-6,16H2,(H,20,21)/t9-,11+,12-/m1/s1. The molecule has 1 fully saturated rings. The Balaban J connectivity index is 1.94. The summed E-state index contributed by atoms with van der Waals surface area (Å²) < 4.78 is 0. The monoisotopic (exact) mass is 285 g/mol. The normalized spacial score (nSPS) is 27.8. The molecule has 1 aromatic carbocycles. The van der Waals surface area contributed by atoms with Crippen LogP contribution in [0.1, 0.15) is 23.7 Å². The lowest BCUT2D eigenvalue weighted by Crippen LogP contribution is -2.49. The van der Waals surface area contributed by atoms with Crippen LogP contribution in [0.5, 0.6) is 0 Å². The van der Waals surface area contributed by atoms with Crippen molar-refractivity contribution >= 4 is 22.8 Å². The zero-order valence-electron chi connectivity index (χ0n) is 11.2. The summed E-state index contributed by atoms with van der Waals surface area (Å²) >= 11 is 0. The second-order valence-electron chi connectivity index (χ2n) is 5.72. The third-order valence-electron chi connectivity index (χ3n) is 4.58. The van der Waals surface area contributed by atoms with Crippen molar-refractivity contribution in [3.63, 3.8) is 0 Å². The van der Waals surface area contributed by atoms with Crippen molar-refractivity contribution < 1.29 is 14.7 Å². The molecule has 21 heavy (non-hydrogen) atoms. The first kappa shape index (κ1) is 12.4. The van der Waals surface area contributed by atoms with Crippen LogP contribution in [0.25, 0.3) is 10.9 Å². The molecule has 4 rings (SSSR count). The first-order valence-electron chi connectivity index (χ1n) is 6.98. The molecule has 0 unspecified atom stereocenters. The molecule has 0 spiro atoms. The van der Waals surface area contributed by atoms with E-state index in [-0.39, 0.29) is 11.9 Å². The van der Waals surface area contributed by atoms with Gasteiger partial charge in [0.25, 0.3) is 0 Å². The summed E-state index contributed by atoms with van der Waals surface area (Å²) in [6.07, 6.45) is 0.784. The lowest BCUT2D eigenvalue weighted by molar-refractivity contribution is -0.150. The first-order chi connectivity index (χ1) is 10.1. The first-order valence-corrected chi connectivity index (χ1v) is 6.98. The fraction of sp³-hybridized carbons (Fsp3) is 0.333. The number of aliphatic carboxylic acids is 1. The summed E-state index contributed by atoms with van der Waals surface area (Å²) in [4.78, 5) is 28.6. The topological polar surface area (TPSA) is 99.4 Å². The smallest absolute Gasteiger partial charge is 0.326 e. The summed E-state index contributed by atoms with van der Waals surface area (Å²) in [6, 6.07) is 6.11. The van der Waals surface area contributed by atoms with Gasteiger partial charge in [-0.15, -0.1) is 0 Å². The van der Waals surface area contributed by atoms with Crippen LogP contribution >= 0.6 is 0 Å². The number of aromatic nitrogens is 1. The molecule has 2 aliphatic heterocycles. The van der Waals surface area contributed by atoms with E-state index in [4.69, 9.17) is 5.73 Å². The Bertz CT molecular complexity index is 767. The van der Waals surface area contributed by atoms with Gasteiger partial charge in [-0.05, 0) is 18.1 Å². The molecule has 2 aromatic rings. The van der Waals surface area contributed by atoms with Crippen LogP contribution in [0.2, 0.25) is 0 Å². The fourth-order valence-corrected chi connectivity index (χ4v) is 3.65. The highest BCUT2D eigenvalue weighted by atomic mass is 16.4. The predicted octanol–water partition coefficient (Wildman–Crippen LogP) is 0.778. The minimum Gasteiger partial charge on any atom is -0.480 e. The van der Waals surface area contributed by atoms with Crippen LogP contribution in [-0.2, 0) is 16.0 Å². The highest BCUT2D eigenvalue weighted by Crippen LogP contribution is 2.42. The molecule has 6 nitrogen and oxygen atoms in total. The number of benzene rings is 1. The Morgan fingerprint density at radius 1 is 1.38 bits per heavy atom. The summed E-state index contributed by atoms with van der Waals surface area (Å²) in [5, 5.41) is 10.5. The summed E-state index contributed by atoms with van der Waals surface area (Å²) in [5.74, 6) is -1.24. The van der Waals surface area contributed by atoms with Crippen molar-refractivity contribution in [1.82, 2.24) is 9.88 Å². The zero-order chi connectivity index (χ0) is 14.7. The molecule has 1 amide bonds. The van der Waals surface area contributed by atoms with Gasteiger partial charge in [0.2, 0.25) is 5.91 Å². The SMILES string of the molecule is N[C@@H]1C[C@H]2c3[nH]c4ccccc4c3C[C@H](C(=O)O)N2C1=O. The van der Waals surface area contributed by atoms with Crippen LogP contribution in [0.3, 0.4) is 0 Å². The van der Waals surface area contributed by atoms with Gasteiger partial charge in [0.05, 0.1) is 12.1 Å². The minimum absolute atomic E-state index is 0.259. The number of para-hydroxylation sites is 1. The highest BCUT2D eigenvalue weighted by molar-refractivity contribution is 5.93. The molecule has 108 valence electrons. The molecule has 2 aliphatic rings. The molecule has 4 N–H and O–H groups in total. The maximum Gasteiger partial charge on any atom is 0.326 e. The third kappa shape index (κ3) is 1.56. The van der Waals surface area contributed by atoms with E-state index in [9.17, 15) is 14.7 Å². The largest absolute Gasteiger partial charge is 0.480 e. The Kier molecular flexibility index (Phi) is 2.41. The van der Waals surface area contributed by atoms with E-state index in [1.165, 1.54) is 4.90 Å². The van der Waals surface area contributed by atoms with Crippen molar-refractivity contribution in [2.75, 3.05) is 0 Å². The van der Waals surface area contributed by atoms with E-state index in [1.54, 1.807) is 0 Å². The van der Waals surface area contributed by atoms with Crippen molar-refractivity contribution in [3.05, 3.63) is 35.5 Å². The number of hydrogen-bond donors (Lipinski definition) is 3. The van der Waals surface area contributed by atoms with E-state index in [1.807, 2.05) is 24.3 Å². The number of hydrogen-bond acceptors (Lipinski definition) is 3. The van der Waals surface area contributed by atoms with Crippen molar-refractivity contribution in [3.8, 4) is 0 Å². The molecule has 3 heterocycles. The molecule has 0 aliphatic carbocycles. The molecule has 6 heteroatoms. The molecule has 3 atom stereocenters. The number of aromatic amines is 1. The van der Waals surface area contributed by atoms with Crippen molar-refractivity contribution in [2.24, 2.45) is 5.73 Å². The van der Waals surface area contributed by atoms with Gasteiger partial charge in [-0.3, -0.25) is 4.79 Å². The molecule has 0 bridgehead atoms. The van der Waals surface area contributed by atoms with Crippen LogP contribution in [-0.4, -0.2) is 39.0 Å². The van der Waals surface area contributed by atoms with Gasteiger partial charge in [-0.1, -0.05) is 18.2 Å². The number of H-pyrrole nitrogens is 1. The van der Waals surface area contributed by atoms with E-state index in [0.29, 0.717) is 12.8 Å². The predicted molar refractivity (Wildman–Crippen MR) is 75.6 cm³/mol. The number of carbonyl (C=O) groups excluding carboxylic acids is 1. The lowest BCUT2D eigenvalue weighted by atomic mass is 9.92. The van der Waals surface area contributed by atoms with E-state index in [2.05, 4.69) is 4.98 Å². The average Bonchev–Trinajstić information content (AvgIpc) is 2.97. The van der Waals surface area contributed by atoms with E-state index in [0.717, 1.165) is 22.2 Å². The quantitative estimate of drug-likeness (QED) is 0.721. The number of nitrogens with zero attached hydrogens (tertiary/aromatic N) is 1. The van der Waals surface area contributed by atoms with Crippen LogP contribution in [0, 0.1) is 0 Å². The number of carbonyl (C=O) groups is 2. The summed E-state index contributed by atoms with van der Waals surface area (Å²) in [6.45, 7) is 0. The lowest BCUT2D eigenvalue weighted by Gasteiger charge is -2.35. The average molecular weight is 285 g/mol. The van der Waals surface area contributed by atoms with Crippen LogP contribution in [0.15, 0.2) is 24.3 Å². The number of carboxylic acids is 1. The molecule has 1 saturated heterocycles. The van der Waals surface area contributed by atoms with Gasteiger partial charge >= 0.3 is 5.97 Å². The molecule has 1 aromatic heterocycles. The van der Waals surface area contributed by atoms with Gasteiger partial charge in [0.1, 0.15) is 6.04 Å². The van der Waals surface area contributed by atoms with Gasteiger partial charge < -0.3 is 20.7 Å². The minimum atomic E-state index is -0.974. The molecule has 0 saturated carbocycles. The number of amides is 1. The highest BCUT2D eigenvalue weighted by Gasteiger charge is 2.49. The molecule has 0 radical (unpaired) electrons. The number of carboxylic acid groups (broad SMARTS) is 1. The second-order valence-corrected chi connectivity index (χ2v) is 5.72. The van der Waals surface area contributed by atoms with Crippen LogP contribution < -0.4 is 5.73 Å². The van der Waals surface area contributed by atoms with E-state index < -0.39 is 18.1 Å². The van der Waals surface area contributed by atoms with Gasteiger partial charge in [-0.2, -0.15) is 0 Å². The number of nitrogens with one attached hydrogen (secondary N) is 1. The Labute approximate surface area is 120 Å². The number of rotatable bonds is 1. The van der Waals surface area contributed by atoms with Crippen LogP contribution in [0.4, 0.5) is 0 Å².